The largest absolute Gasteiger partial charge is 0.461 e. The van der Waals surface area contributed by atoms with Gasteiger partial charge in [-0.15, -0.1) is 0 Å². The summed E-state index contributed by atoms with van der Waals surface area (Å²) in [6.45, 7) is 4.42. The number of rotatable bonds is 25. The van der Waals surface area contributed by atoms with Gasteiger partial charge in [0.15, 0.2) is 0 Å². The zero-order chi connectivity index (χ0) is 28.1. The van der Waals surface area contributed by atoms with E-state index in [-0.39, 0.29) is 30.5 Å². The van der Waals surface area contributed by atoms with Gasteiger partial charge in [0.1, 0.15) is 18.2 Å². The lowest BCUT2D eigenvalue weighted by molar-refractivity contribution is -0.190. The Bertz CT molecular complexity index is 785. The van der Waals surface area contributed by atoms with E-state index in [0.717, 1.165) is 50.6 Å². The van der Waals surface area contributed by atoms with Crippen LogP contribution in [0.5, 0.6) is 0 Å². The first-order valence-electron chi connectivity index (χ1n) is 15.7. The maximum atomic E-state index is 13.1. The normalized spacial score (nSPS) is 18.2. The topological polar surface area (TPSA) is 110 Å². The minimum absolute atomic E-state index is 0.103. The molecule has 0 bridgehead atoms. The number of ether oxygens (including phenoxy) is 2. The highest BCUT2D eigenvalue weighted by atomic mass is 16.6. The lowest BCUT2D eigenvalue weighted by Gasteiger charge is -2.37. The Labute approximate surface area is 235 Å². The molecule has 3 unspecified atom stereocenters. The second-order valence-electron chi connectivity index (χ2n) is 11.2. The number of esters is 2. The number of amides is 1. The van der Waals surface area contributed by atoms with Crippen molar-refractivity contribution in [2.75, 3.05) is 0 Å². The smallest absolute Gasteiger partial charge is 0.329 e. The van der Waals surface area contributed by atoms with E-state index in [9.17, 15) is 14.4 Å². The molecule has 2 rings (SSSR count). The number of cyclic esters (lactones) is 1. The van der Waals surface area contributed by atoms with Crippen molar-refractivity contribution in [3.05, 3.63) is 18.2 Å². The first-order chi connectivity index (χ1) is 19.1. The predicted molar refractivity (Wildman–Crippen MR) is 153 cm³/mol. The van der Waals surface area contributed by atoms with Crippen molar-refractivity contribution in [3.8, 4) is 0 Å². The van der Waals surface area contributed by atoms with Crippen LogP contribution < -0.4 is 5.32 Å². The molecule has 1 aromatic heterocycles. The van der Waals surface area contributed by atoms with Crippen LogP contribution in [0.2, 0.25) is 0 Å². The van der Waals surface area contributed by atoms with Gasteiger partial charge in [0, 0.05) is 24.7 Å². The Morgan fingerprint density at radius 1 is 1.00 bits per heavy atom. The Morgan fingerprint density at radius 3 is 2.18 bits per heavy atom. The van der Waals surface area contributed by atoms with Crippen LogP contribution in [0.4, 0.5) is 0 Å². The summed E-state index contributed by atoms with van der Waals surface area (Å²) in [7, 11) is 0. The molecular formula is C31H53N3O5. The molecule has 39 heavy (non-hydrogen) atoms. The number of aromatic amines is 1. The van der Waals surface area contributed by atoms with Crippen molar-refractivity contribution in [1.29, 1.82) is 0 Å². The van der Waals surface area contributed by atoms with Crippen molar-refractivity contribution in [2.24, 2.45) is 5.92 Å². The first-order valence-corrected chi connectivity index (χ1v) is 15.7. The van der Waals surface area contributed by atoms with Crippen LogP contribution >= 0.6 is 0 Å². The molecule has 1 aromatic rings. The van der Waals surface area contributed by atoms with E-state index in [0.29, 0.717) is 12.8 Å². The summed E-state index contributed by atoms with van der Waals surface area (Å²) >= 11 is 0. The van der Waals surface area contributed by atoms with Crippen LogP contribution in [0.25, 0.3) is 0 Å². The van der Waals surface area contributed by atoms with E-state index < -0.39 is 12.0 Å². The third kappa shape index (κ3) is 13.5. The highest BCUT2D eigenvalue weighted by Crippen LogP contribution is 2.32. The number of carbonyl (C=O) groups is 3. The van der Waals surface area contributed by atoms with Crippen LogP contribution in [0.15, 0.2) is 12.5 Å². The quantitative estimate of drug-likeness (QED) is 0.0812. The van der Waals surface area contributed by atoms with Crippen molar-refractivity contribution in [2.45, 2.75) is 154 Å². The molecule has 0 spiro atoms. The van der Waals surface area contributed by atoms with Gasteiger partial charge in [0.05, 0.1) is 12.2 Å². The van der Waals surface area contributed by atoms with E-state index in [1.807, 2.05) is 0 Å². The molecule has 2 heterocycles. The molecule has 2 N–H and O–H groups in total. The molecule has 1 aliphatic heterocycles. The van der Waals surface area contributed by atoms with E-state index in [1.54, 1.807) is 12.5 Å². The molecule has 4 atom stereocenters. The molecule has 1 aliphatic rings. The molecule has 1 fully saturated rings. The number of imidazole rings is 1. The van der Waals surface area contributed by atoms with Gasteiger partial charge in [-0.2, -0.15) is 0 Å². The standard InChI is InChI=1S/C31H53N3O5/c1-3-5-7-9-10-11-12-13-14-15-16-18-26(21-29-27(30(36)39-29)19-17-8-6-4-2)38-31(37)28(34-24-35)20-25-22-32-23-33-25/h22-24,26-29H,3-21H2,1-2H3,(H,32,33)(H,34,35)/t26?,27?,28-,29?/m0/s1. The summed E-state index contributed by atoms with van der Waals surface area (Å²) in [6.07, 6.45) is 23.8. The van der Waals surface area contributed by atoms with Crippen LogP contribution in [0.1, 0.15) is 135 Å². The average Bonchev–Trinajstić information content (AvgIpc) is 3.44. The molecular weight excluding hydrogens is 494 g/mol. The number of carbonyl (C=O) groups excluding carboxylic acids is 3. The van der Waals surface area contributed by atoms with E-state index in [4.69, 9.17) is 9.47 Å². The number of hydrogen-bond acceptors (Lipinski definition) is 6. The monoisotopic (exact) mass is 547 g/mol. The van der Waals surface area contributed by atoms with Gasteiger partial charge in [0.25, 0.3) is 0 Å². The van der Waals surface area contributed by atoms with Crippen LogP contribution in [0, 0.1) is 5.92 Å². The molecule has 1 saturated heterocycles. The number of H-pyrrole nitrogens is 1. The predicted octanol–water partition coefficient (Wildman–Crippen LogP) is 6.58. The summed E-state index contributed by atoms with van der Waals surface area (Å²) in [5.41, 5.74) is 0.744. The fraction of sp³-hybridized carbons (Fsp3) is 0.806. The van der Waals surface area contributed by atoms with Crippen molar-refractivity contribution >= 4 is 18.3 Å². The second-order valence-corrected chi connectivity index (χ2v) is 11.2. The van der Waals surface area contributed by atoms with Gasteiger partial charge in [-0.1, -0.05) is 104 Å². The van der Waals surface area contributed by atoms with Gasteiger partial charge >= 0.3 is 11.9 Å². The fourth-order valence-electron chi connectivity index (χ4n) is 5.38. The Morgan fingerprint density at radius 2 is 1.62 bits per heavy atom. The van der Waals surface area contributed by atoms with E-state index in [1.165, 1.54) is 64.2 Å². The van der Waals surface area contributed by atoms with Crippen LogP contribution in [-0.4, -0.2) is 46.6 Å². The Balaban J connectivity index is 1.83. The SMILES string of the molecule is CCCCCCCCCCCCCC(CC1OC(=O)C1CCCCCC)OC(=O)[C@H](Cc1cnc[nH]1)NC=O. The molecule has 0 aromatic carbocycles. The van der Waals surface area contributed by atoms with Crippen molar-refractivity contribution in [3.63, 3.8) is 0 Å². The first kappa shape index (κ1) is 32.8. The molecule has 1 amide bonds. The molecule has 8 nitrogen and oxygen atoms in total. The molecule has 0 radical (unpaired) electrons. The van der Waals surface area contributed by atoms with Crippen LogP contribution in [0.3, 0.4) is 0 Å². The lowest BCUT2D eigenvalue weighted by atomic mass is 9.86. The molecule has 222 valence electrons. The van der Waals surface area contributed by atoms with Gasteiger partial charge < -0.3 is 19.8 Å². The lowest BCUT2D eigenvalue weighted by Crippen LogP contribution is -2.48. The summed E-state index contributed by atoms with van der Waals surface area (Å²) in [4.78, 5) is 43.3. The summed E-state index contributed by atoms with van der Waals surface area (Å²) < 4.78 is 11.5. The molecule has 8 heteroatoms. The minimum atomic E-state index is -0.795. The summed E-state index contributed by atoms with van der Waals surface area (Å²) in [5, 5.41) is 2.59. The van der Waals surface area contributed by atoms with E-state index >= 15 is 0 Å². The second kappa shape index (κ2) is 20.5. The minimum Gasteiger partial charge on any atom is -0.461 e. The summed E-state index contributed by atoms with van der Waals surface area (Å²) in [5.74, 6) is -0.694. The molecule has 0 saturated carbocycles. The maximum Gasteiger partial charge on any atom is 0.329 e. The van der Waals surface area contributed by atoms with Gasteiger partial charge in [0.2, 0.25) is 6.41 Å². The Kier molecular flexibility index (Phi) is 17.3. The maximum absolute atomic E-state index is 13.1. The third-order valence-corrected chi connectivity index (χ3v) is 7.83. The third-order valence-electron chi connectivity index (χ3n) is 7.83. The van der Waals surface area contributed by atoms with E-state index in [2.05, 4.69) is 29.1 Å². The zero-order valence-electron chi connectivity index (χ0n) is 24.5. The highest BCUT2D eigenvalue weighted by molar-refractivity contribution is 5.79. The number of nitrogens with one attached hydrogen (secondary N) is 2. The van der Waals surface area contributed by atoms with Gasteiger partial charge in [-0.3, -0.25) is 9.59 Å². The van der Waals surface area contributed by atoms with Gasteiger partial charge in [-0.25, -0.2) is 9.78 Å². The van der Waals surface area contributed by atoms with Crippen molar-refractivity contribution in [1.82, 2.24) is 15.3 Å². The Hall–Kier alpha value is -2.38. The summed E-state index contributed by atoms with van der Waals surface area (Å²) in [6, 6.07) is -0.795. The number of hydrogen-bond donors (Lipinski definition) is 2. The number of nitrogens with zero attached hydrogens (tertiary/aromatic N) is 1. The van der Waals surface area contributed by atoms with Crippen LogP contribution in [-0.2, 0) is 30.3 Å². The zero-order valence-corrected chi connectivity index (χ0v) is 24.5. The number of aromatic nitrogens is 2. The highest BCUT2D eigenvalue weighted by Gasteiger charge is 2.43. The van der Waals surface area contributed by atoms with Crippen molar-refractivity contribution < 1.29 is 23.9 Å². The fourth-order valence-corrected chi connectivity index (χ4v) is 5.38. The van der Waals surface area contributed by atoms with Gasteiger partial charge in [-0.05, 0) is 19.3 Å². The molecule has 0 aliphatic carbocycles. The number of unbranched alkanes of at least 4 members (excludes halogenated alkanes) is 13. The average molecular weight is 548 g/mol.